The highest BCUT2D eigenvalue weighted by Crippen LogP contribution is 2.25. The number of aromatic nitrogens is 1. The van der Waals surface area contributed by atoms with Gasteiger partial charge in [-0.3, -0.25) is 4.79 Å². The Morgan fingerprint density at radius 2 is 2.00 bits per heavy atom. The fraction of sp³-hybridized carbons (Fsp3) is 0.158. The number of thiophene rings is 1. The summed E-state index contributed by atoms with van der Waals surface area (Å²) < 4.78 is 5.80. The van der Waals surface area contributed by atoms with Gasteiger partial charge in [-0.2, -0.15) is 0 Å². The number of nitrogens with one attached hydrogen (secondary N) is 1. The first-order chi connectivity index (χ1) is 12.4. The van der Waals surface area contributed by atoms with Crippen LogP contribution in [0.3, 0.4) is 0 Å². The zero-order valence-electron chi connectivity index (χ0n) is 14.2. The summed E-state index contributed by atoms with van der Waals surface area (Å²) in [7, 11) is 0. The van der Waals surface area contributed by atoms with E-state index in [9.17, 15) is 4.79 Å². The molecule has 0 bridgehead atoms. The van der Waals surface area contributed by atoms with Crippen LogP contribution in [0.15, 0.2) is 41.9 Å². The van der Waals surface area contributed by atoms with E-state index < -0.39 is 0 Å². The van der Waals surface area contributed by atoms with Crippen molar-refractivity contribution >= 4 is 46.3 Å². The molecule has 26 heavy (non-hydrogen) atoms. The number of hydrogen-bond donors (Lipinski definition) is 1. The number of benzene rings is 1. The molecule has 2 heterocycles. The molecule has 0 saturated carbocycles. The number of aryl methyl sites for hydroxylation is 2. The number of hydrogen-bond acceptors (Lipinski definition) is 4. The lowest BCUT2D eigenvalue weighted by atomic mass is 10.1. The van der Waals surface area contributed by atoms with Gasteiger partial charge < -0.3 is 10.1 Å². The van der Waals surface area contributed by atoms with Crippen molar-refractivity contribution < 1.29 is 9.53 Å². The highest BCUT2D eigenvalue weighted by Gasteiger charge is 2.13. The molecule has 0 aliphatic rings. The molecule has 0 aliphatic heterocycles. The van der Waals surface area contributed by atoms with Crippen LogP contribution in [0.5, 0.6) is 5.75 Å². The number of nitrogens with zero attached hydrogens (tertiary/aromatic N) is 1. The molecule has 0 aliphatic carbocycles. The van der Waals surface area contributed by atoms with E-state index in [1.807, 2.05) is 30.5 Å². The predicted molar refractivity (Wildman–Crippen MR) is 107 cm³/mol. The number of carbonyl (C=O) groups is 1. The fourth-order valence-electron chi connectivity index (χ4n) is 2.22. The van der Waals surface area contributed by atoms with Crippen LogP contribution >= 0.6 is 34.5 Å². The summed E-state index contributed by atoms with van der Waals surface area (Å²) >= 11 is 13.2. The molecule has 134 valence electrons. The second kappa shape index (κ2) is 8.08. The van der Waals surface area contributed by atoms with E-state index in [0.717, 1.165) is 11.3 Å². The number of rotatable bonds is 5. The molecule has 0 unspecified atom stereocenters. The van der Waals surface area contributed by atoms with Crippen LogP contribution in [-0.4, -0.2) is 10.9 Å². The average molecular weight is 407 g/mol. The predicted octanol–water partition coefficient (Wildman–Crippen LogP) is 5.90. The van der Waals surface area contributed by atoms with Crippen molar-refractivity contribution in [1.82, 2.24) is 4.98 Å². The second-order valence-corrected chi connectivity index (χ2v) is 7.55. The molecule has 4 nitrogen and oxygen atoms in total. The normalized spacial score (nSPS) is 10.6. The molecule has 3 aromatic rings. The highest BCUT2D eigenvalue weighted by molar-refractivity contribution is 7.12. The molecule has 0 radical (unpaired) electrons. The van der Waals surface area contributed by atoms with E-state index in [-0.39, 0.29) is 11.7 Å². The summed E-state index contributed by atoms with van der Waals surface area (Å²) in [6.45, 7) is 4.50. The zero-order chi connectivity index (χ0) is 18.7. The number of ether oxygens (including phenoxy) is 1. The molecule has 1 N–H and O–H groups in total. The minimum absolute atomic E-state index is 0.274. The van der Waals surface area contributed by atoms with Gasteiger partial charge >= 0.3 is 0 Å². The second-order valence-electron chi connectivity index (χ2n) is 5.79. The maximum atomic E-state index is 12.3. The Balaban J connectivity index is 1.63. The molecule has 3 rings (SSSR count). The van der Waals surface area contributed by atoms with Crippen molar-refractivity contribution in [3.63, 3.8) is 0 Å². The van der Waals surface area contributed by atoms with Gasteiger partial charge in [-0.05, 0) is 54.6 Å². The average Bonchev–Trinajstić information content (AvgIpc) is 3.07. The first kappa shape index (κ1) is 18.7. The monoisotopic (exact) mass is 406 g/mol. The third kappa shape index (κ3) is 4.55. The number of pyridine rings is 1. The van der Waals surface area contributed by atoms with E-state index in [2.05, 4.69) is 17.2 Å². The van der Waals surface area contributed by atoms with Crippen molar-refractivity contribution in [3.8, 4) is 5.75 Å². The highest BCUT2D eigenvalue weighted by atomic mass is 35.5. The third-order valence-corrected chi connectivity index (χ3v) is 5.27. The van der Waals surface area contributed by atoms with Gasteiger partial charge in [-0.25, -0.2) is 4.98 Å². The molecule has 0 fully saturated rings. The van der Waals surface area contributed by atoms with Crippen molar-refractivity contribution in [3.05, 3.63) is 73.5 Å². The van der Waals surface area contributed by atoms with Crippen LogP contribution in [0.1, 0.15) is 26.4 Å². The lowest BCUT2D eigenvalue weighted by Gasteiger charge is -2.07. The maximum Gasteiger partial charge on any atom is 0.266 e. The third-order valence-electron chi connectivity index (χ3n) is 3.80. The number of amides is 1. The minimum Gasteiger partial charge on any atom is -0.489 e. The maximum absolute atomic E-state index is 12.3. The summed E-state index contributed by atoms with van der Waals surface area (Å²) in [5.74, 6) is 0.814. The zero-order valence-corrected chi connectivity index (χ0v) is 16.5. The van der Waals surface area contributed by atoms with Gasteiger partial charge in [-0.15, -0.1) is 11.3 Å². The molecule has 2 aromatic heterocycles. The van der Waals surface area contributed by atoms with Gasteiger partial charge in [0, 0.05) is 11.8 Å². The molecule has 7 heteroatoms. The Labute approximate surface area is 165 Å². The van der Waals surface area contributed by atoms with E-state index in [4.69, 9.17) is 27.9 Å². The van der Waals surface area contributed by atoms with Crippen LogP contribution in [0.2, 0.25) is 10.0 Å². The van der Waals surface area contributed by atoms with Crippen molar-refractivity contribution in [1.29, 1.82) is 0 Å². The van der Waals surface area contributed by atoms with Crippen molar-refractivity contribution in [2.24, 2.45) is 0 Å². The van der Waals surface area contributed by atoms with E-state index in [0.29, 0.717) is 21.5 Å². The van der Waals surface area contributed by atoms with Crippen LogP contribution < -0.4 is 10.1 Å². The number of carbonyl (C=O) groups excluding carboxylic acids is 1. The van der Waals surface area contributed by atoms with Gasteiger partial charge in [0.25, 0.3) is 5.91 Å². The molecule has 1 aromatic carbocycles. The first-order valence-corrected chi connectivity index (χ1v) is 9.46. The molecule has 0 atom stereocenters. The summed E-state index contributed by atoms with van der Waals surface area (Å²) in [4.78, 5) is 16.9. The minimum atomic E-state index is -0.274. The van der Waals surface area contributed by atoms with E-state index in [1.54, 1.807) is 6.07 Å². The Morgan fingerprint density at radius 3 is 2.73 bits per heavy atom. The van der Waals surface area contributed by atoms with Crippen molar-refractivity contribution in [2.45, 2.75) is 20.5 Å². The Hall–Kier alpha value is -2.08. The molecular weight excluding hydrogens is 391 g/mol. The quantitative estimate of drug-likeness (QED) is 0.573. The van der Waals surface area contributed by atoms with Gasteiger partial charge in [0.1, 0.15) is 12.4 Å². The Bertz CT molecular complexity index is 956. The van der Waals surface area contributed by atoms with Crippen LogP contribution in [0, 0.1) is 13.8 Å². The summed E-state index contributed by atoms with van der Waals surface area (Å²) in [6.07, 6.45) is 1.43. The largest absolute Gasteiger partial charge is 0.489 e. The Morgan fingerprint density at radius 1 is 1.19 bits per heavy atom. The van der Waals surface area contributed by atoms with Gasteiger partial charge in [0.05, 0.1) is 14.9 Å². The smallest absolute Gasteiger partial charge is 0.266 e. The molecule has 0 spiro atoms. The van der Waals surface area contributed by atoms with Gasteiger partial charge in [0.15, 0.2) is 5.82 Å². The van der Waals surface area contributed by atoms with Gasteiger partial charge in [-0.1, -0.05) is 29.3 Å². The molecular formula is C19H16Cl2N2O2S. The topological polar surface area (TPSA) is 51.2 Å². The first-order valence-electron chi connectivity index (χ1n) is 7.82. The molecule has 0 saturated heterocycles. The summed E-state index contributed by atoms with van der Waals surface area (Å²) in [5.41, 5.74) is 3.33. The van der Waals surface area contributed by atoms with Crippen molar-refractivity contribution in [2.75, 3.05) is 5.32 Å². The van der Waals surface area contributed by atoms with Crippen LogP contribution in [0.25, 0.3) is 0 Å². The fourth-order valence-corrected chi connectivity index (χ4v) is 3.44. The van der Waals surface area contributed by atoms with Crippen LogP contribution in [-0.2, 0) is 6.61 Å². The van der Waals surface area contributed by atoms with Gasteiger partial charge in [0.2, 0.25) is 0 Å². The standard InChI is InChI=1S/C19H16Cl2N2O2S/c1-11-3-4-15(5-12(11)2)25-9-13-6-17(26-10-13)19(24)23-18-16(21)7-14(20)8-22-18/h3-8,10H,9H2,1-2H3,(H,22,23,24). The SMILES string of the molecule is Cc1ccc(OCc2csc(C(=O)Nc3ncc(Cl)cc3Cl)c2)cc1C. The summed E-state index contributed by atoms with van der Waals surface area (Å²) in [6, 6.07) is 9.30. The summed E-state index contributed by atoms with van der Waals surface area (Å²) in [5, 5.41) is 5.28. The molecule has 1 amide bonds. The van der Waals surface area contributed by atoms with Crippen LogP contribution in [0.4, 0.5) is 5.82 Å². The lowest BCUT2D eigenvalue weighted by Crippen LogP contribution is -2.11. The lowest BCUT2D eigenvalue weighted by molar-refractivity contribution is 0.103. The van der Waals surface area contributed by atoms with E-state index >= 15 is 0 Å². The van der Waals surface area contributed by atoms with E-state index in [1.165, 1.54) is 34.7 Å². The number of halogens is 2. The number of anilines is 1. The Kier molecular flexibility index (Phi) is 5.81.